The highest BCUT2D eigenvalue weighted by atomic mass is 16.1. The van der Waals surface area contributed by atoms with E-state index in [1.54, 1.807) is 6.07 Å². The van der Waals surface area contributed by atoms with Gasteiger partial charge in [0.25, 0.3) is 5.91 Å². The Balaban J connectivity index is 1.72. The van der Waals surface area contributed by atoms with Gasteiger partial charge in [-0.25, -0.2) is 0 Å². The molecule has 1 amide bonds. The molecule has 2 rings (SSSR count). The van der Waals surface area contributed by atoms with Crippen molar-refractivity contribution >= 4 is 5.91 Å². The first-order valence-corrected chi connectivity index (χ1v) is 5.95. The molecule has 1 aromatic heterocycles. The first kappa shape index (κ1) is 12.2. The molecule has 4 nitrogen and oxygen atoms in total. The minimum atomic E-state index is -0.0991. The van der Waals surface area contributed by atoms with Crippen LogP contribution in [0.4, 0.5) is 0 Å². The predicted octanol–water partition coefficient (Wildman–Crippen LogP) is 1.84. The number of aryl methyl sites for hydroxylation is 1. The number of carbonyl (C=O) groups excluding carboxylic acids is 1. The third kappa shape index (κ3) is 3.66. The normalized spacial score (nSPS) is 10.0. The maximum Gasteiger partial charge on any atom is 0.252 e. The summed E-state index contributed by atoms with van der Waals surface area (Å²) in [7, 11) is 0. The Morgan fingerprint density at radius 1 is 1.11 bits per heavy atom. The van der Waals surface area contributed by atoms with Crippen molar-refractivity contribution < 1.29 is 4.79 Å². The zero-order chi connectivity index (χ0) is 12.6. The molecule has 18 heavy (non-hydrogen) atoms. The van der Waals surface area contributed by atoms with E-state index < -0.39 is 0 Å². The SMILES string of the molecule is O=C(NCCCc1ccccc1)c1ccnnc1. The van der Waals surface area contributed by atoms with Crippen molar-refractivity contribution in [1.82, 2.24) is 15.5 Å². The van der Waals surface area contributed by atoms with E-state index in [1.165, 1.54) is 18.0 Å². The molecular formula is C14H15N3O. The van der Waals surface area contributed by atoms with E-state index in [1.807, 2.05) is 18.2 Å². The van der Waals surface area contributed by atoms with Crippen LogP contribution in [0.25, 0.3) is 0 Å². The Kier molecular flexibility index (Phi) is 4.41. The molecule has 92 valence electrons. The van der Waals surface area contributed by atoms with Crippen LogP contribution in [0.15, 0.2) is 48.8 Å². The van der Waals surface area contributed by atoms with Gasteiger partial charge in [-0.05, 0) is 24.5 Å². The topological polar surface area (TPSA) is 54.9 Å². The van der Waals surface area contributed by atoms with Crippen molar-refractivity contribution in [3.8, 4) is 0 Å². The molecule has 4 heteroatoms. The number of aromatic nitrogens is 2. The van der Waals surface area contributed by atoms with Crippen molar-refractivity contribution in [2.45, 2.75) is 12.8 Å². The number of rotatable bonds is 5. The first-order valence-electron chi connectivity index (χ1n) is 5.95. The standard InChI is InChI=1S/C14H15N3O/c18-14(13-8-10-16-17-11-13)15-9-4-7-12-5-2-1-3-6-12/h1-3,5-6,8,10-11H,4,7,9H2,(H,15,18). The number of benzene rings is 1. The molecule has 0 saturated carbocycles. The van der Waals surface area contributed by atoms with E-state index in [0.717, 1.165) is 12.8 Å². The van der Waals surface area contributed by atoms with Gasteiger partial charge in [-0.3, -0.25) is 4.79 Å². The number of hydrogen-bond acceptors (Lipinski definition) is 3. The van der Waals surface area contributed by atoms with Crippen LogP contribution in [-0.4, -0.2) is 22.6 Å². The number of hydrogen-bond donors (Lipinski definition) is 1. The van der Waals surface area contributed by atoms with Crippen molar-refractivity contribution in [3.05, 3.63) is 59.9 Å². The third-order valence-corrected chi connectivity index (χ3v) is 2.62. The maximum absolute atomic E-state index is 11.7. The van der Waals surface area contributed by atoms with Gasteiger partial charge in [0.15, 0.2) is 0 Å². The Bertz CT molecular complexity index is 485. The molecule has 0 aliphatic rings. The van der Waals surface area contributed by atoms with Crippen LogP contribution in [-0.2, 0) is 6.42 Å². The zero-order valence-corrected chi connectivity index (χ0v) is 10.0. The molecule has 0 saturated heterocycles. The number of carbonyl (C=O) groups is 1. The summed E-state index contributed by atoms with van der Waals surface area (Å²) in [5.41, 5.74) is 1.84. The van der Waals surface area contributed by atoms with Gasteiger partial charge < -0.3 is 5.32 Å². The fourth-order valence-corrected chi connectivity index (χ4v) is 1.67. The summed E-state index contributed by atoms with van der Waals surface area (Å²) in [6.45, 7) is 0.663. The third-order valence-electron chi connectivity index (χ3n) is 2.62. The highest BCUT2D eigenvalue weighted by molar-refractivity contribution is 5.93. The van der Waals surface area contributed by atoms with Crippen LogP contribution < -0.4 is 5.32 Å². The monoisotopic (exact) mass is 241 g/mol. The number of nitrogens with one attached hydrogen (secondary N) is 1. The molecule has 0 unspecified atom stereocenters. The van der Waals surface area contributed by atoms with E-state index in [9.17, 15) is 4.79 Å². The molecule has 0 aliphatic carbocycles. The lowest BCUT2D eigenvalue weighted by atomic mass is 10.1. The van der Waals surface area contributed by atoms with Gasteiger partial charge in [0.05, 0.1) is 18.0 Å². The largest absolute Gasteiger partial charge is 0.352 e. The molecule has 2 aromatic rings. The summed E-state index contributed by atoms with van der Waals surface area (Å²) in [6.07, 6.45) is 4.87. The fraction of sp³-hybridized carbons (Fsp3) is 0.214. The van der Waals surface area contributed by atoms with Crippen molar-refractivity contribution in [3.63, 3.8) is 0 Å². The minimum Gasteiger partial charge on any atom is -0.352 e. The predicted molar refractivity (Wildman–Crippen MR) is 69.1 cm³/mol. The summed E-state index contributed by atoms with van der Waals surface area (Å²) in [5, 5.41) is 10.2. The van der Waals surface area contributed by atoms with Crippen LogP contribution in [0.1, 0.15) is 22.3 Å². The molecule has 1 N–H and O–H groups in total. The van der Waals surface area contributed by atoms with Gasteiger partial charge in [-0.1, -0.05) is 30.3 Å². The Hall–Kier alpha value is -2.23. The van der Waals surface area contributed by atoms with E-state index in [2.05, 4.69) is 27.6 Å². The molecule has 1 aromatic carbocycles. The average molecular weight is 241 g/mol. The average Bonchev–Trinajstić information content (AvgIpc) is 2.45. The quantitative estimate of drug-likeness (QED) is 0.813. The van der Waals surface area contributed by atoms with Crippen LogP contribution in [0.3, 0.4) is 0 Å². The van der Waals surface area contributed by atoms with Crippen molar-refractivity contribution in [2.24, 2.45) is 0 Å². The van der Waals surface area contributed by atoms with E-state index in [-0.39, 0.29) is 5.91 Å². The number of amides is 1. The molecule has 0 atom stereocenters. The highest BCUT2D eigenvalue weighted by Gasteiger charge is 2.03. The lowest BCUT2D eigenvalue weighted by Crippen LogP contribution is -2.24. The Labute approximate surface area is 106 Å². The van der Waals surface area contributed by atoms with E-state index in [4.69, 9.17) is 0 Å². The van der Waals surface area contributed by atoms with Crippen molar-refractivity contribution in [1.29, 1.82) is 0 Å². The summed E-state index contributed by atoms with van der Waals surface area (Å²) < 4.78 is 0. The lowest BCUT2D eigenvalue weighted by molar-refractivity contribution is 0.0952. The molecule has 0 radical (unpaired) electrons. The van der Waals surface area contributed by atoms with E-state index >= 15 is 0 Å². The zero-order valence-electron chi connectivity index (χ0n) is 10.0. The minimum absolute atomic E-state index is 0.0991. The maximum atomic E-state index is 11.7. The Morgan fingerprint density at radius 2 is 1.94 bits per heavy atom. The van der Waals surface area contributed by atoms with Crippen LogP contribution in [0.5, 0.6) is 0 Å². The second-order valence-electron chi connectivity index (χ2n) is 3.98. The van der Waals surface area contributed by atoms with E-state index in [0.29, 0.717) is 12.1 Å². The van der Waals surface area contributed by atoms with Crippen LogP contribution in [0.2, 0.25) is 0 Å². The van der Waals surface area contributed by atoms with Crippen LogP contribution in [0, 0.1) is 0 Å². The summed E-state index contributed by atoms with van der Waals surface area (Å²) >= 11 is 0. The summed E-state index contributed by atoms with van der Waals surface area (Å²) in [4.78, 5) is 11.7. The molecular weight excluding hydrogens is 226 g/mol. The second-order valence-corrected chi connectivity index (χ2v) is 3.98. The van der Waals surface area contributed by atoms with Crippen LogP contribution >= 0.6 is 0 Å². The Morgan fingerprint density at radius 3 is 2.67 bits per heavy atom. The van der Waals surface area contributed by atoms with Gasteiger partial charge in [0.2, 0.25) is 0 Å². The smallest absolute Gasteiger partial charge is 0.252 e. The van der Waals surface area contributed by atoms with Gasteiger partial charge >= 0.3 is 0 Å². The molecule has 0 spiro atoms. The summed E-state index contributed by atoms with van der Waals surface area (Å²) in [6, 6.07) is 11.9. The van der Waals surface area contributed by atoms with Gasteiger partial charge in [0.1, 0.15) is 0 Å². The highest BCUT2D eigenvalue weighted by Crippen LogP contribution is 2.01. The second kappa shape index (κ2) is 6.49. The van der Waals surface area contributed by atoms with Gasteiger partial charge in [0, 0.05) is 6.54 Å². The fourth-order valence-electron chi connectivity index (χ4n) is 1.67. The molecule has 0 bridgehead atoms. The van der Waals surface area contributed by atoms with Crippen molar-refractivity contribution in [2.75, 3.05) is 6.54 Å². The lowest BCUT2D eigenvalue weighted by Gasteiger charge is -2.04. The molecule has 0 fully saturated rings. The molecule has 1 heterocycles. The van der Waals surface area contributed by atoms with Gasteiger partial charge in [-0.15, -0.1) is 0 Å². The first-order chi connectivity index (χ1) is 8.86. The van der Waals surface area contributed by atoms with Gasteiger partial charge in [-0.2, -0.15) is 10.2 Å². The number of nitrogens with zero attached hydrogens (tertiary/aromatic N) is 2. The molecule has 0 aliphatic heterocycles. The summed E-state index contributed by atoms with van der Waals surface area (Å²) in [5.74, 6) is -0.0991.